The Labute approximate surface area is 171 Å². The van der Waals surface area contributed by atoms with Gasteiger partial charge in [-0.05, 0) is 61.2 Å². The lowest BCUT2D eigenvalue weighted by molar-refractivity contribution is 0.102. The van der Waals surface area contributed by atoms with Crippen LogP contribution in [0.1, 0.15) is 33.6 Å². The van der Waals surface area contributed by atoms with Crippen molar-refractivity contribution < 1.29 is 4.79 Å². The zero-order valence-electron chi connectivity index (χ0n) is 15.1. The summed E-state index contributed by atoms with van der Waals surface area (Å²) < 4.78 is 1.75. The van der Waals surface area contributed by atoms with Crippen LogP contribution < -0.4 is 5.69 Å². The first-order valence-corrected chi connectivity index (χ1v) is 10.4. The Hall–Kier alpha value is -2.44. The van der Waals surface area contributed by atoms with Crippen molar-refractivity contribution in [2.45, 2.75) is 30.8 Å². The van der Waals surface area contributed by atoms with Crippen LogP contribution in [0.15, 0.2) is 58.6 Å². The van der Waals surface area contributed by atoms with Crippen molar-refractivity contribution in [2.75, 3.05) is 5.75 Å². The Morgan fingerprint density at radius 3 is 2.61 bits per heavy atom. The topological polar surface area (TPSA) is 64.8 Å². The second-order valence-electron chi connectivity index (χ2n) is 6.64. The molecule has 4 rings (SSSR count). The van der Waals surface area contributed by atoms with Gasteiger partial charge in [0, 0.05) is 34.2 Å². The highest BCUT2D eigenvalue weighted by atomic mass is 35.5. The molecular weight excluding hydrogens is 394 g/mol. The number of nitrogens with zero attached hydrogens (tertiary/aromatic N) is 3. The van der Waals surface area contributed by atoms with Gasteiger partial charge < -0.3 is 0 Å². The van der Waals surface area contributed by atoms with Crippen LogP contribution in [0, 0.1) is 0 Å². The van der Waals surface area contributed by atoms with E-state index in [0.29, 0.717) is 22.2 Å². The molecule has 0 bridgehead atoms. The number of thioether (sulfide) groups is 1. The predicted octanol–water partition coefficient (Wildman–Crippen LogP) is 3.80. The van der Waals surface area contributed by atoms with Crippen LogP contribution >= 0.6 is 23.4 Å². The third kappa shape index (κ3) is 4.03. The van der Waals surface area contributed by atoms with Gasteiger partial charge in [0.15, 0.2) is 5.78 Å². The molecule has 0 saturated carbocycles. The van der Waals surface area contributed by atoms with Crippen LogP contribution in [0.3, 0.4) is 0 Å². The number of benzene rings is 1. The molecule has 0 unspecified atom stereocenters. The quantitative estimate of drug-likeness (QED) is 0.350. The Morgan fingerprint density at radius 1 is 1.11 bits per heavy atom. The first-order valence-electron chi connectivity index (χ1n) is 9.05. The second-order valence-corrected chi connectivity index (χ2v) is 8.04. The van der Waals surface area contributed by atoms with Gasteiger partial charge in [0.2, 0.25) is 0 Å². The van der Waals surface area contributed by atoms with Crippen molar-refractivity contribution >= 4 is 29.1 Å². The molecule has 5 nitrogen and oxygen atoms in total. The number of ketones is 1. The SMILES string of the molecule is O=C(CSc1nc(=O)n(Cc2ccncc2)c2c1CCC2)c1ccc(Cl)cc1. The van der Waals surface area contributed by atoms with Gasteiger partial charge in [-0.3, -0.25) is 14.3 Å². The lowest BCUT2D eigenvalue weighted by Gasteiger charge is -2.14. The molecule has 7 heteroatoms. The lowest BCUT2D eigenvalue weighted by Crippen LogP contribution is -2.27. The molecule has 1 aromatic carbocycles. The fraction of sp³-hybridized carbons (Fsp3) is 0.238. The Balaban J connectivity index is 1.56. The van der Waals surface area contributed by atoms with E-state index in [1.54, 1.807) is 41.2 Å². The average Bonchev–Trinajstić information content (AvgIpc) is 3.20. The van der Waals surface area contributed by atoms with Gasteiger partial charge in [0.25, 0.3) is 0 Å². The molecule has 28 heavy (non-hydrogen) atoms. The first kappa shape index (κ1) is 18.9. The van der Waals surface area contributed by atoms with Gasteiger partial charge in [-0.25, -0.2) is 4.79 Å². The summed E-state index contributed by atoms with van der Waals surface area (Å²) in [6.07, 6.45) is 6.18. The maximum Gasteiger partial charge on any atom is 0.349 e. The first-order chi connectivity index (χ1) is 13.6. The molecular formula is C21H18ClN3O2S. The number of carbonyl (C=O) groups is 1. The number of carbonyl (C=O) groups excluding carboxylic acids is 1. The van der Waals surface area contributed by atoms with Crippen LogP contribution in [0.25, 0.3) is 0 Å². The molecule has 1 aliphatic rings. The van der Waals surface area contributed by atoms with Crippen LogP contribution in [0.4, 0.5) is 0 Å². The van der Waals surface area contributed by atoms with E-state index in [2.05, 4.69) is 9.97 Å². The zero-order valence-corrected chi connectivity index (χ0v) is 16.7. The zero-order chi connectivity index (χ0) is 19.5. The molecule has 0 amide bonds. The molecule has 0 N–H and O–H groups in total. The van der Waals surface area contributed by atoms with E-state index in [1.165, 1.54) is 11.8 Å². The van der Waals surface area contributed by atoms with Gasteiger partial charge in [-0.2, -0.15) is 4.98 Å². The number of pyridine rings is 1. The van der Waals surface area contributed by atoms with Crippen LogP contribution in [0.2, 0.25) is 5.02 Å². The Bertz CT molecular complexity index is 1070. The van der Waals surface area contributed by atoms with E-state index in [-0.39, 0.29) is 17.2 Å². The highest BCUT2D eigenvalue weighted by Crippen LogP contribution is 2.30. The largest absolute Gasteiger partial charge is 0.349 e. The molecule has 0 fully saturated rings. The molecule has 0 aliphatic heterocycles. The summed E-state index contributed by atoms with van der Waals surface area (Å²) >= 11 is 7.22. The van der Waals surface area contributed by atoms with Crippen molar-refractivity contribution in [2.24, 2.45) is 0 Å². The summed E-state index contributed by atoms with van der Waals surface area (Å²) in [7, 11) is 0. The monoisotopic (exact) mass is 411 g/mol. The summed E-state index contributed by atoms with van der Waals surface area (Å²) in [6, 6.07) is 10.7. The number of Topliss-reactive ketones (excluding diaryl/α,β-unsaturated/α-hetero) is 1. The average molecular weight is 412 g/mol. The van der Waals surface area contributed by atoms with Crippen molar-refractivity contribution in [3.8, 4) is 0 Å². The van der Waals surface area contributed by atoms with Crippen LogP contribution in [-0.2, 0) is 19.4 Å². The van der Waals surface area contributed by atoms with E-state index in [9.17, 15) is 9.59 Å². The van der Waals surface area contributed by atoms with Crippen molar-refractivity contribution in [1.82, 2.24) is 14.5 Å². The van der Waals surface area contributed by atoms with E-state index < -0.39 is 0 Å². The molecule has 3 aromatic rings. The normalized spacial score (nSPS) is 12.8. The number of hydrogen-bond acceptors (Lipinski definition) is 5. The molecule has 2 aromatic heterocycles. The molecule has 0 saturated heterocycles. The maximum atomic E-state index is 12.7. The Morgan fingerprint density at radius 2 is 1.86 bits per heavy atom. The van der Waals surface area contributed by atoms with E-state index in [0.717, 1.165) is 36.1 Å². The van der Waals surface area contributed by atoms with Crippen molar-refractivity contribution in [3.05, 3.63) is 86.7 Å². The summed E-state index contributed by atoms with van der Waals surface area (Å²) in [4.78, 5) is 33.4. The molecule has 0 atom stereocenters. The third-order valence-corrected chi connectivity index (χ3v) is 6.07. The fourth-order valence-corrected chi connectivity index (χ4v) is 4.49. The molecule has 0 spiro atoms. The highest BCUT2D eigenvalue weighted by molar-refractivity contribution is 8.00. The second kappa shape index (κ2) is 8.29. The number of halogens is 1. The van der Waals surface area contributed by atoms with Gasteiger partial charge in [0.05, 0.1) is 12.3 Å². The third-order valence-electron chi connectivity index (χ3n) is 4.80. The molecule has 1 aliphatic carbocycles. The number of aromatic nitrogens is 3. The minimum Gasteiger partial charge on any atom is -0.293 e. The van der Waals surface area contributed by atoms with Gasteiger partial charge in [-0.15, -0.1) is 0 Å². The van der Waals surface area contributed by atoms with E-state index in [4.69, 9.17) is 11.6 Å². The standard InChI is InChI=1S/C21H18ClN3O2S/c22-16-6-4-15(5-7-16)19(26)13-28-20-17-2-1-3-18(17)25(21(27)24-20)12-14-8-10-23-11-9-14/h4-11H,1-3,12-13H2. The number of fused-ring (bicyclic) bond motifs is 1. The molecule has 0 radical (unpaired) electrons. The Kier molecular flexibility index (Phi) is 5.59. The van der Waals surface area contributed by atoms with E-state index in [1.807, 2.05) is 12.1 Å². The van der Waals surface area contributed by atoms with E-state index >= 15 is 0 Å². The molecule has 2 heterocycles. The summed E-state index contributed by atoms with van der Waals surface area (Å²) in [5.41, 5.74) is 3.51. The van der Waals surface area contributed by atoms with Gasteiger partial charge in [0.1, 0.15) is 5.03 Å². The van der Waals surface area contributed by atoms with Crippen molar-refractivity contribution in [1.29, 1.82) is 0 Å². The fourth-order valence-electron chi connectivity index (χ4n) is 3.39. The number of rotatable bonds is 6. The van der Waals surface area contributed by atoms with Gasteiger partial charge in [-0.1, -0.05) is 23.4 Å². The van der Waals surface area contributed by atoms with Gasteiger partial charge >= 0.3 is 5.69 Å². The highest BCUT2D eigenvalue weighted by Gasteiger charge is 2.22. The smallest absolute Gasteiger partial charge is 0.293 e. The number of hydrogen-bond donors (Lipinski definition) is 0. The molecule has 142 valence electrons. The minimum absolute atomic E-state index is 0.00354. The maximum absolute atomic E-state index is 12.7. The minimum atomic E-state index is -0.265. The summed E-state index contributed by atoms with van der Waals surface area (Å²) in [5, 5.41) is 1.28. The predicted molar refractivity (Wildman–Crippen MR) is 110 cm³/mol. The van der Waals surface area contributed by atoms with Crippen LogP contribution in [-0.4, -0.2) is 26.1 Å². The lowest BCUT2D eigenvalue weighted by atomic mass is 10.1. The summed E-state index contributed by atoms with van der Waals surface area (Å²) in [5.74, 6) is 0.241. The summed E-state index contributed by atoms with van der Waals surface area (Å²) in [6.45, 7) is 0.491. The van der Waals surface area contributed by atoms with Crippen LogP contribution in [0.5, 0.6) is 0 Å². The van der Waals surface area contributed by atoms with Crippen molar-refractivity contribution in [3.63, 3.8) is 0 Å².